The Bertz CT molecular complexity index is 1620. The van der Waals surface area contributed by atoms with Gasteiger partial charge in [0.25, 0.3) is 15.9 Å². The van der Waals surface area contributed by atoms with Gasteiger partial charge in [0, 0.05) is 11.3 Å². The molecule has 0 radical (unpaired) electrons. The van der Waals surface area contributed by atoms with Gasteiger partial charge >= 0.3 is 0 Å². The van der Waals surface area contributed by atoms with Gasteiger partial charge in [0.15, 0.2) is 4.80 Å². The van der Waals surface area contributed by atoms with Gasteiger partial charge in [0.05, 0.1) is 21.7 Å². The standard InChI is InChI=1S/C26H23N3O3S2/c1-5-13-29-23-15-18(3)14-19(4)24(23)33-26(29)27-25(30)20-7-6-8-21(16-20)28-34(31,32)22-11-9-17(2)10-12-22/h1,6-12,14-16,28H,13H2,2-4H3. The van der Waals surface area contributed by atoms with E-state index in [1.807, 2.05) is 31.4 Å². The van der Waals surface area contributed by atoms with Crippen LogP contribution in [-0.4, -0.2) is 18.9 Å². The molecular weight excluding hydrogens is 466 g/mol. The third-order valence-corrected chi connectivity index (χ3v) is 7.88. The summed E-state index contributed by atoms with van der Waals surface area (Å²) in [5.41, 5.74) is 4.63. The number of benzene rings is 3. The number of carbonyl (C=O) groups is 1. The highest BCUT2D eigenvalue weighted by atomic mass is 32.2. The quantitative estimate of drug-likeness (QED) is 0.409. The predicted octanol–water partition coefficient (Wildman–Crippen LogP) is 4.80. The lowest BCUT2D eigenvalue weighted by Crippen LogP contribution is -2.17. The lowest BCUT2D eigenvalue weighted by atomic mass is 10.1. The Labute approximate surface area is 202 Å². The van der Waals surface area contributed by atoms with Crippen LogP contribution in [0, 0.1) is 33.1 Å². The van der Waals surface area contributed by atoms with Crippen molar-refractivity contribution in [3.63, 3.8) is 0 Å². The Morgan fingerprint density at radius 3 is 2.50 bits per heavy atom. The van der Waals surface area contributed by atoms with Crippen LogP contribution in [0.4, 0.5) is 5.69 Å². The topological polar surface area (TPSA) is 80.5 Å². The van der Waals surface area contributed by atoms with Crippen LogP contribution >= 0.6 is 11.3 Å². The number of anilines is 1. The highest BCUT2D eigenvalue weighted by Gasteiger charge is 2.16. The highest BCUT2D eigenvalue weighted by molar-refractivity contribution is 7.92. The van der Waals surface area contributed by atoms with Crippen molar-refractivity contribution in [2.45, 2.75) is 32.2 Å². The van der Waals surface area contributed by atoms with Crippen LogP contribution in [0.3, 0.4) is 0 Å². The molecule has 8 heteroatoms. The number of terminal acetylenes is 1. The van der Waals surface area contributed by atoms with Gasteiger partial charge in [0.1, 0.15) is 0 Å². The van der Waals surface area contributed by atoms with Crippen LogP contribution in [0.5, 0.6) is 0 Å². The molecule has 0 aliphatic carbocycles. The van der Waals surface area contributed by atoms with E-state index in [9.17, 15) is 13.2 Å². The summed E-state index contributed by atoms with van der Waals surface area (Å²) in [6.07, 6.45) is 5.57. The smallest absolute Gasteiger partial charge is 0.279 e. The van der Waals surface area contributed by atoms with Crippen LogP contribution in [0.15, 0.2) is 70.6 Å². The molecular formula is C26H23N3O3S2. The number of hydrogen-bond donors (Lipinski definition) is 1. The molecule has 4 rings (SSSR count). The molecule has 0 spiro atoms. The number of rotatable bonds is 5. The van der Waals surface area contributed by atoms with E-state index in [0.717, 1.165) is 26.9 Å². The van der Waals surface area contributed by atoms with Crippen molar-refractivity contribution in [1.29, 1.82) is 0 Å². The first-order valence-corrected chi connectivity index (χ1v) is 12.8. The fourth-order valence-corrected chi connectivity index (χ4v) is 5.77. The van der Waals surface area contributed by atoms with Crippen molar-refractivity contribution in [1.82, 2.24) is 4.57 Å². The summed E-state index contributed by atoms with van der Waals surface area (Å²) >= 11 is 1.40. The largest absolute Gasteiger partial charge is 0.305 e. The molecule has 0 unspecified atom stereocenters. The zero-order valence-electron chi connectivity index (χ0n) is 19.0. The molecule has 172 valence electrons. The molecule has 3 aromatic carbocycles. The number of amides is 1. The first-order valence-electron chi connectivity index (χ1n) is 10.5. The fourth-order valence-electron chi connectivity index (χ4n) is 3.64. The Hall–Kier alpha value is -3.67. The van der Waals surface area contributed by atoms with Gasteiger partial charge in [0.2, 0.25) is 0 Å². The molecule has 4 aromatic rings. The molecule has 1 N–H and O–H groups in total. The highest BCUT2D eigenvalue weighted by Crippen LogP contribution is 2.24. The average molecular weight is 490 g/mol. The maximum atomic E-state index is 13.0. The first-order chi connectivity index (χ1) is 16.2. The maximum absolute atomic E-state index is 13.0. The summed E-state index contributed by atoms with van der Waals surface area (Å²) in [4.78, 5) is 18.0. The van der Waals surface area contributed by atoms with Crippen molar-refractivity contribution in [3.05, 3.63) is 87.7 Å². The van der Waals surface area contributed by atoms with Gasteiger partial charge in [-0.3, -0.25) is 9.52 Å². The number of aryl methyl sites for hydroxylation is 3. The van der Waals surface area contributed by atoms with E-state index in [0.29, 0.717) is 4.80 Å². The molecule has 0 saturated carbocycles. The third kappa shape index (κ3) is 4.81. The molecule has 0 fully saturated rings. The fraction of sp³-hybridized carbons (Fsp3) is 0.154. The minimum atomic E-state index is -3.79. The van der Waals surface area contributed by atoms with Crippen LogP contribution in [-0.2, 0) is 16.6 Å². The number of hydrogen-bond acceptors (Lipinski definition) is 4. The normalized spacial score (nSPS) is 12.0. The van der Waals surface area contributed by atoms with Crippen molar-refractivity contribution in [2.75, 3.05) is 4.72 Å². The number of thiazole rings is 1. The Morgan fingerprint density at radius 1 is 1.06 bits per heavy atom. The van der Waals surface area contributed by atoms with Gasteiger partial charge < -0.3 is 4.57 Å². The molecule has 1 heterocycles. The third-order valence-electron chi connectivity index (χ3n) is 5.25. The van der Waals surface area contributed by atoms with Crippen LogP contribution in [0.2, 0.25) is 0 Å². The number of aromatic nitrogens is 1. The number of nitrogens with zero attached hydrogens (tertiary/aromatic N) is 2. The average Bonchev–Trinajstić information content (AvgIpc) is 3.11. The van der Waals surface area contributed by atoms with Crippen molar-refractivity contribution in [2.24, 2.45) is 4.99 Å². The summed E-state index contributed by atoms with van der Waals surface area (Å²) in [6, 6.07) is 16.9. The van der Waals surface area contributed by atoms with Crippen LogP contribution in [0.1, 0.15) is 27.0 Å². The second kappa shape index (κ2) is 9.29. The summed E-state index contributed by atoms with van der Waals surface area (Å²) in [7, 11) is -3.79. The zero-order valence-corrected chi connectivity index (χ0v) is 20.6. The van der Waals surface area contributed by atoms with E-state index in [1.54, 1.807) is 30.3 Å². The Morgan fingerprint density at radius 2 is 1.79 bits per heavy atom. The van der Waals surface area contributed by atoms with Gasteiger partial charge in [-0.05, 0) is 68.3 Å². The second-order valence-corrected chi connectivity index (χ2v) is 10.7. The summed E-state index contributed by atoms with van der Waals surface area (Å²) in [6.45, 7) is 6.19. The minimum absolute atomic E-state index is 0.144. The van der Waals surface area contributed by atoms with Gasteiger partial charge in [-0.1, -0.05) is 47.1 Å². The van der Waals surface area contributed by atoms with E-state index < -0.39 is 15.9 Å². The molecule has 0 aliphatic heterocycles. The molecule has 1 amide bonds. The molecule has 0 bridgehead atoms. The number of nitrogens with one attached hydrogen (secondary N) is 1. The summed E-state index contributed by atoms with van der Waals surface area (Å²) < 4.78 is 30.8. The molecule has 34 heavy (non-hydrogen) atoms. The van der Waals surface area contributed by atoms with Gasteiger partial charge in [-0.25, -0.2) is 8.42 Å². The van der Waals surface area contributed by atoms with E-state index >= 15 is 0 Å². The number of fused-ring (bicyclic) bond motifs is 1. The van der Waals surface area contributed by atoms with E-state index in [2.05, 4.69) is 21.7 Å². The van der Waals surface area contributed by atoms with Gasteiger partial charge in [-0.15, -0.1) is 6.42 Å². The number of sulfonamides is 1. The van der Waals surface area contributed by atoms with Crippen LogP contribution < -0.4 is 9.52 Å². The Balaban J connectivity index is 1.70. The monoisotopic (exact) mass is 489 g/mol. The van der Waals surface area contributed by atoms with Crippen molar-refractivity contribution >= 4 is 43.2 Å². The minimum Gasteiger partial charge on any atom is -0.305 e. The lowest BCUT2D eigenvalue weighted by molar-refractivity contribution is 0.0998. The zero-order chi connectivity index (χ0) is 24.5. The second-order valence-electron chi connectivity index (χ2n) is 8.02. The molecule has 1 aromatic heterocycles. The number of carbonyl (C=O) groups excluding carboxylic acids is 1. The van der Waals surface area contributed by atoms with Crippen LogP contribution in [0.25, 0.3) is 10.2 Å². The van der Waals surface area contributed by atoms with E-state index in [4.69, 9.17) is 6.42 Å². The molecule has 0 atom stereocenters. The predicted molar refractivity (Wildman–Crippen MR) is 136 cm³/mol. The molecule has 0 aliphatic rings. The summed E-state index contributed by atoms with van der Waals surface area (Å²) in [5.74, 6) is 2.15. The lowest BCUT2D eigenvalue weighted by Gasteiger charge is -2.09. The molecule has 0 saturated heterocycles. The Kier molecular flexibility index (Phi) is 6.42. The van der Waals surface area contributed by atoms with Crippen molar-refractivity contribution in [3.8, 4) is 12.3 Å². The van der Waals surface area contributed by atoms with E-state index in [1.165, 1.54) is 29.5 Å². The summed E-state index contributed by atoms with van der Waals surface area (Å²) in [5, 5.41) is 0. The van der Waals surface area contributed by atoms with Gasteiger partial charge in [-0.2, -0.15) is 4.99 Å². The molecule has 6 nitrogen and oxygen atoms in total. The SMILES string of the molecule is C#CCn1c(=NC(=O)c2cccc(NS(=O)(=O)c3ccc(C)cc3)c2)sc2c(C)cc(C)cc21. The first kappa shape index (κ1) is 23.5. The van der Waals surface area contributed by atoms with E-state index in [-0.39, 0.29) is 22.7 Å². The maximum Gasteiger partial charge on any atom is 0.279 e. The van der Waals surface area contributed by atoms with Crippen molar-refractivity contribution < 1.29 is 13.2 Å².